The van der Waals surface area contributed by atoms with Gasteiger partial charge in [0.1, 0.15) is 5.60 Å². The zero-order valence-electron chi connectivity index (χ0n) is 16.4. The largest absolute Gasteiger partial charge is 0.465 e. The topological polar surface area (TPSA) is 105 Å². The first-order valence-corrected chi connectivity index (χ1v) is 9.09. The Balaban J connectivity index is 2.25. The number of benzene rings is 2. The maximum atomic E-state index is 12.4. The van der Waals surface area contributed by atoms with Crippen LogP contribution in [0.3, 0.4) is 0 Å². The lowest BCUT2D eigenvalue weighted by molar-refractivity contribution is -0.162. The Bertz CT molecular complexity index is 888. The summed E-state index contributed by atoms with van der Waals surface area (Å²) in [4.78, 5) is 24.0. The van der Waals surface area contributed by atoms with Crippen molar-refractivity contribution in [3.8, 4) is 0 Å². The number of carbonyl (C=O) groups is 2. The zero-order valence-corrected chi connectivity index (χ0v) is 17.2. The molecule has 0 atom stereocenters. The van der Waals surface area contributed by atoms with E-state index in [-0.39, 0.29) is 0 Å². The fourth-order valence-electron chi connectivity index (χ4n) is 2.60. The minimum absolute atomic E-state index is 0.300. The van der Waals surface area contributed by atoms with Gasteiger partial charge in [-0.15, -0.1) is 0 Å². The van der Waals surface area contributed by atoms with Gasteiger partial charge in [0.15, 0.2) is 5.66 Å². The quantitative estimate of drug-likeness (QED) is 0.586. The first kappa shape index (κ1) is 21.9. The molecule has 0 spiro atoms. The fourth-order valence-corrected chi connectivity index (χ4v) is 2.88. The number of ether oxygens (including phenoxy) is 2. The summed E-state index contributed by atoms with van der Waals surface area (Å²) in [7, 11) is 1.30. The predicted molar refractivity (Wildman–Crippen MR) is 108 cm³/mol. The summed E-state index contributed by atoms with van der Waals surface area (Å²) >= 11 is 6.17. The molecule has 2 aromatic rings. The summed E-state index contributed by atoms with van der Waals surface area (Å²) in [5.74, 6) is -1.20. The van der Waals surface area contributed by atoms with Gasteiger partial charge in [0.05, 0.1) is 17.7 Å². The third kappa shape index (κ3) is 5.32. The molecule has 0 saturated heterocycles. The van der Waals surface area contributed by atoms with Gasteiger partial charge in [-0.05, 0) is 56.0 Å². The second kappa shape index (κ2) is 8.31. The van der Waals surface area contributed by atoms with Crippen LogP contribution in [0.5, 0.6) is 0 Å². The maximum absolute atomic E-state index is 12.4. The van der Waals surface area contributed by atoms with Crippen LogP contribution in [-0.2, 0) is 26.4 Å². The molecular weight excluding hydrogens is 380 g/mol. The Labute approximate surface area is 169 Å². The molecule has 0 aliphatic carbocycles. The SMILES string of the molecule is COC(=O)c1ccc(Cc2cccc(C(N)(N)C(=O)OC(C)(C)C)c2)cc1Cl. The van der Waals surface area contributed by atoms with Crippen molar-refractivity contribution >= 4 is 23.5 Å². The van der Waals surface area contributed by atoms with Gasteiger partial charge in [0, 0.05) is 0 Å². The van der Waals surface area contributed by atoms with Crippen LogP contribution < -0.4 is 11.5 Å². The second-order valence-corrected chi connectivity index (χ2v) is 7.96. The summed E-state index contributed by atoms with van der Waals surface area (Å²) in [6.07, 6.45) is 0.513. The Morgan fingerprint density at radius 2 is 1.68 bits per heavy atom. The van der Waals surface area contributed by atoms with Crippen molar-refractivity contribution in [1.29, 1.82) is 0 Å². The van der Waals surface area contributed by atoms with Crippen molar-refractivity contribution in [2.24, 2.45) is 11.5 Å². The van der Waals surface area contributed by atoms with E-state index in [4.69, 9.17) is 32.5 Å². The standard InChI is InChI=1S/C21H25ClN2O4/c1-20(2,3)28-19(26)21(23,24)15-7-5-6-13(11-15)10-14-8-9-16(17(22)12-14)18(25)27-4/h5-9,11-12H,10,23-24H2,1-4H3. The third-order valence-corrected chi connectivity index (χ3v) is 4.30. The van der Waals surface area contributed by atoms with E-state index in [2.05, 4.69) is 0 Å². The predicted octanol–water partition coefficient (Wildman–Crippen LogP) is 3.13. The van der Waals surface area contributed by atoms with Gasteiger partial charge in [0.25, 0.3) is 0 Å². The number of rotatable bonds is 5. The van der Waals surface area contributed by atoms with Crippen molar-refractivity contribution in [2.45, 2.75) is 38.5 Å². The van der Waals surface area contributed by atoms with E-state index < -0.39 is 23.2 Å². The first-order valence-electron chi connectivity index (χ1n) is 8.71. The average molecular weight is 405 g/mol. The number of methoxy groups -OCH3 is 1. The molecule has 28 heavy (non-hydrogen) atoms. The van der Waals surface area contributed by atoms with Crippen LogP contribution in [-0.4, -0.2) is 24.6 Å². The Kier molecular flexibility index (Phi) is 6.49. The minimum Gasteiger partial charge on any atom is -0.465 e. The molecule has 0 fully saturated rings. The summed E-state index contributed by atoms with van der Waals surface area (Å²) in [5.41, 5.74) is 12.2. The number of nitrogens with two attached hydrogens (primary N) is 2. The van der Waals surface area contributed by atoms with E-state index in [1.165, 1.54) is 7.11 Å². The molecule has 0 bridgehead atoms. The molecule has 0 aromatic heterocycles. The van der Waals surface area contributed by atoms with Crippen LogP contribution in [0.2, 0.25) is 5.02 Å². The van der Waals surface area contributed by atoms with E-state index in [0.717, 1.165) is 11.1 Å². The number of halogens is 1. The lowest BCUT2D eigenvalue weighted by atomic mass is 9.96. The molecule has 2 rings (SSSR count). The van der Waals surface area contributed by atoms with Gasteiger partial charge in [-0.2, -0.15) is 0 Å². The van der Waals surface area contributed by atoms with Gasteiger partial charge in [-0.25, -0.2) is 9.59 Å². The van der Waals surface area contributed by atoms with Gasteiger partial charge >= 0.3 is 11.9 Å². The molecule has 0 aliphatic rings. The molecule has 6 nitrogen and oxygen atoms in total. The van der Waals surface area contributed by atoms with Crippen molar-refractivity contribution < 1.29 is 19.1 Å². The van der Waals surface area contributed by atoms with Gasteiger partial charge in [-0.1, -0.05) is 41.9 Å². The molecule has 0 radical (unpaired) electrons. The highest BCUT2D eigenvalue weighted by Crippen LogP contribution is 2.23. The number of hydrogen-bond acceptors (Lipinski definition) is 6. The number of carbonyl (C=O) groups excluding carboxylic acids is 2. The third-order valence-electron chi connectivity index (χ3n) is 3.99. The first-order chi connectivity index (χ1) is 12.9. The van der Waals surface area contributed by atoms with Crippen LogP contribution in [0.4, 0.5) is 0 Å². The number of hydrogen-bond donors (Lipinski definition) is 2. The van der Waals surface area contributed by atoms with E-state index in [0.29, 0.717) is 22.6 Å². The molecule has 4 N–H and O–H groups in total. The summed E-state index contributed by atoms with van der Waals surface area (Å²) in [6, 6.07) is 12.2. The smallest absolute Gasteiger partial charge is 0.346 e. The molecule has 2 aromatic carbocycles. The van der Waals surface area contributed by atoms with Crippen LogP contribution in [0.1, 0.15) is 47.8 Å². The van der Waals surface area contributed by atoms with Crippen molar-refractivity contribution in [2.75, 3.05) is 7.11 Å². The highest BCUT2D eigenvalue weighted by Gasteiger charge is 2.36. The van der Waals surface area contributed by atoms with Crippen molar-refractivity contribution in [3.05, 3.63) is 69.7 Å². The molecule has 0 unspecified atom stereocenters. The van der Waals surface area contributed by atoms with Gasteiger partial charge in [0.2, 0.25) is 0 Å². The average Bonchev–Trinajstić information content (AvgIpc) is 2.60. The molecule has 7 heteroatoms. The Morgan fingerprint density at radius 3 is 2.25 bits per heavy atom. The Morgan fingerprint density at radius 1 is 1.04 bits per heavy atom. The summed E-state index contributed by atoms with van der Waals surface area (Å²) < 4.78 is 10.0. The van der Waals surface area contributed by atoms with Gasteiger partial charge in [-0.3, -0.25) is 0 Å². The molecular formula is C21H25ClN2O4. The summed E-state index contributed by atoms with van der Waals surface area (Å²) in [5, 5.41) is 0.307. The molecule has 0 heterocycles. The molecule has 0 saturated carbocycles. The van der Waals surface area contributed by atoms with E-state index in [1.54, 1.807) is 57.2 Å². The summed E-state index contributed by atoms with van der Waals surface area (Å²) in [6.45, 7) is 5.25. The second-order valence-electron chi connectivity index (χ2n) is 7.55. The molecule has 0 aliphatic heterocycles. The monoisotopic (exact) mass is 404 g/mol. The van der Waals surface area contributed by atoms with E-state index in [9.17, 15) is 9.59 Å². The van der Waals surface area contributed by atoms with Gasteiger partial charge < -0.3 is 20.9 Å². The van der Waals surface area contributed by atoms with Crippen LogP contribution in [0, 0.1) is 0 Å². The van der Waals surface area contributed by atoms with Crippen LogP contribution in [0.15, 0.2) is 42.5 Å². The Hall–Kier alpha value is -2.41. The van der Waals surface area contributed by atoms with Crippen molar-refractivity contribution in [1.82, 2.24) is 0 Å². The van der Waals surface area contributed by atoms with E-state index in [1.807, 2.05) is 6.07 Å². The van der Waals surface area contributed by atoms with E-state index >= 15 is 0 Å². The van der Waals surface area contributed by atoms with Crippen molar-refractivity contribution in [3.63, 3.8) is 0 Å². The maximum Gasteiger partial charge on any atom is 0.346 e. The number of esters is 2. The van der Waals surface area contributed by atoms with Crippen LogP contribution >= 0.6 is 11.6 Å². The minimum atomic E-state index is -1.77. The fraction of sp³-hybridized carbons (Fsp3) is 0.333. The lowest BCUT2D eigenvalue weighted by Gasteiger charge is -2.28. The normalized spacial score (nSPS) is 11.8. The lowest BCUT2D eigenvalue weighted by Crippen LogP contribution is -2.55. The van der Waals surface area contributed by atoms with Crippen LogP contribution in [0.25, 0.3) is 0 Å². The zero-order chi connectivity index (χ0) is 21.1. The highest BCUT2D eigenvalue weighted by molar-refractivity contribution is 6.33. The highest BCUT2D eigenvalue weighted by atomic mass is 35.5. The molecule has 0 amide bonds. The molecule has 150 valence electrons.